The number of nitrogens with two attached hydrogens (primary N) is 1. The van der Waals surface area contributed by atoms with E-state index in [1.54, 1.807) is 18.2 Å². The summed E-state index contributed by atoms with van der Waals surface area (Å²) in [5.74, 6) is 0.636. The first-order valence-corrected chi connectivity index (χ1v) is 6.62. The number of hydrogen-bond acceptors (Lipinski definition) is 4. The summed E-state index contributed by atoms with van der Waals surface area (Å²) in [5, 5.41) is 0. The van der Waals surface area contributed by atoms with Gasteiger partial charge in [-0.2, -0.15) is 0 Å². The van der Waals surface area contributed by atoms with Crippen LogP contribution in [0, 0.1) is 0 Å². The Labute approximate surface area is 113 Å². The summed E-state index contributed by atoms with van der Waals surface area (Å²) in [4.78, 5) is 16.5. The minimum absolute atomic E-state index is 0.0500. The van der Waals surface area contributed by atoms with Gasteiger partial charge in [0.1, 0.15) is 5.75 Å². The summed E-state index contributed by atoms with van der Waals surface area (Å²) in [6.07, 6.45) is 0. The molecule has 1 aromatic carbocycles. The molecule has 1 aromatic rings. The zero-order chi connectivity index (χ0) is 13.8. The van der Waals surface area contributed by atoms with Crippen LogP contribution in [0.4, 0.5) is 5.69 Å². The predicted octanol–water partition coefficient (Wildman–Crippen LogP) is 1.06. The summed E-state index contributed by atoms with van der Waals surface area (Å²) in [6, 6.07) is 5.23. The molecule has 0 bridgehead atoms. The SMILES string of the molecule is CCOc1cc(C(=O)N2CCN(C)CC2)ccc1N. The maximum Gasteiger partial charge on any atom is 0.254 e. The van der Waals surface area contributed by atoms with Gasteiger partial charge >= 0.3 is 0 Å². The summed E-state index contributed by atoms with van der Waals surface area (Å²) in [6.45, 7) is 5.80. The molecule has 0 radical (unpaired) electrons. The van der Waals surface area contributed by atoms with Crippen LogP contribution in [0.3, 0.4) is 0 Å². The smallest absolute Gasteiger partial charge is 0.254 e. The number of hydrogen-bond donors (Lipinski definition) is 1. The maximum absolute atomic E-state index is 12.4. The third-order valence-electron chi connectivity index (χ3n) is 3.35. The summed E-state index contributed by atoms with van der Waals surface area (Å²) >= 11 is 0. The lowest BCUT2D eigenvalue weighted by molar-refractivity contribution is 0.0663. The average molecular weight is 263 g/mol. The molecular formula is C14H21N3O2. The van der Waals surface area contributed by atoms with Crippen LogP contribution in [0.15, 0.2) is 18.2 Å². The molecule has 0 spiro atoms. The molecule has 104 valence electrons. The Morgan fingerprint density at radius 2 is 2.00 bits per heavy atom. The second-order valence-electron chi connectivity index (χ2n) is 4.78. The highest BCUT2D eigenvalue weighted by molar-refractivity contribution is 5.95. The maximum atomic E-state index is 12.4. The normalized spacial score (nSPS) is 16.4. The number of rotatable bonds is 3. The topological polar surface area (TPSA) is 58.8 Å². The van der Waals surface area contributed by atoms with Crippen molar-refractivity contribution < 1.29 is 9.53 Å². The molecule has 5 heteroatoms. The first-order chi connectivity index (χ1) is 9.11. The van der Waals surface area contributed by atoms with Crippen molar-refractivity contribution in [3.8, 4) is 5.75 Å². The first-order valence-electron chi connectivity index (χ1n) is 6.62. The van der Waals surface area contributed by atoms with Crippen molar-refractivity contribution in [1.29, 1.82) is 0 Å². The number of benzene rings is 1. The molecular weight excluding hydrogens is 242 g/mol. The highest BCUT2D eigenvalue weighted by atomic mass is 16.5. The van der Waals surface area contributed by atoms with E-state index < -0.39 is 0 Å². The summed E-state index contributed by atoms with van der Waals surface area (Å²) in [7, 11) is 2.07. The Morgan fingerprint density at radius 1 is 1.32 bits per heavy atom. The lowest BCUT2D eigenvalue weighted by atomic mass is 10.1. The Bertz CT molecular complexity index is 454. The second-order valence-corrected chi connectivity index (χ2v) is 4.78. The number of amides is 1. The van der Waals surface area contributed by atoms with Gasteiger partial charge in [0.15, 0.2) is 0 Å². The number of piperazine rings is 1. The van der Waals surface area contributed by atoms with Gasteiger partial charge in [0.05, 0.1) is 12.3 Å². The van der Waals surface area contributed by atoms with Gasteiger partial charge in [0.2, 0.25) is 0 Å². The molecule has 1 amide bonds. The van der Waals surface area contributed by atoms with E-state index in [4.69, 9.17) is 10.5 Å². The average Bonchev–Trinajstić information content (AvgIpc) is 2.41. The fourth-order valence-corrected chi connectivity index (χ4v) is 2.14. The van der Waals surface area contributed by atoms with Crippen molar-refractivity contribution in [3.63, 3.8) is 0 Å². The van der Waals surface area contributed by atoms with Crippen molar-refractivity contribution in [2.45, 2.75) is 6.92 Å². The molecule has 0 aliphatic carbocycles. The molecule has 1 aliphatic heterocycles. The molecule has 2 N–H and O–H groups in total. The fourth-order valence-electron chi connectivity index (χ4n) is 2.14. The zero-order valence-corrected chi connectivity index (χ0v) is 11.6. The largest absolute Gasteiger partial charge is 0.492 e. The number of anilines is 1. The van der Waals surface area contributed by atoms with Gasteiger partial charge in [-0.1, -0.05) is 0 Å². The molecule has 19 heavy (non-hydrogen) atoms. The standard InChI is InChI=1S/C14H21N3O2/c1-3-19-13-10-11(4-5-12(13)15)14(18)17-8-6-16(2)7-9-17/h4-5,10H,3,6-9,15H2,1-2H3. The van der Waals surface area contributed by atoms with E-state index in [9.17, 15) is 4.79 Å². The van der Waals surface area contributed by atoms with Crippen LogP contribution < -0.4 is 10.5 Å². The number of likely N-dealkylation sites (N-methyl/N-ethyl adjacent to an activating group) is 1. The number of carbonyl (C=O) groups is 1. The van der Waals surface area contributed by atoms with Gasteiger partial charge in [-0.3, -0.25) is 4.79 Å². The Morgan fingerprint density at radius 3 is 2.63 bits per heavy atom. The quantitative estimate of drug-likeness (QED) is 0.828. The third kappa shape index (κ3) is 3.17. The van der Waals surface area contributed by atoms with E-state index in [2.05, 4.69) is 11.9 Å². The monoisotopic (exact) mass is 263 g/mol. The summed E-state index contributed by atoms with van der Waals surface area (Å²) in [5.41, 5.74) is 7.02. The highest BCUT2D eigenvalue weighted by Gasteiger charge is 2.20. The van der Waals surface area contributed by atoms with Crippen LogP contribution in [0.5, 0.6) is 5.75 Å². The lowest BCUT2D eigenvalue weighted by Gasteiger charge is -2.32. The zero-order valence-electron chi connectivity index (χ0n) is 11.6. The Hall–Kier alpha value is -1.75. The highest BCUT2D eigenvalue weighted by Crippen LogP contribution is 2.23. The van der Waals surface area contributed by atoms with Gasteiger partial charge in [-0.25, -0.2) is 0 Å². The van der Waals surface area contributed by atoms with Gasteiger partial charge in [-0.15, -0.1) is 0 Å². The van der Waals surface area contributed by atoms with E-state index in [1.807, 2.05) is 11.8 Å². The molecule has 0 atom stereocenters. The van der Waals surface area contributed by atoms with Crippen LogP contribution >= 0.6 is 0 Å². The minimum atomic E-state index is 0.0500. The van der Waals surface area contributed by atoms with Crippen molar-refractivity contribution in [2.75, 3.05) is 45.6 Å². The number of carbonyl (C=O) groups excluding carboxylic acids is 1. The molecule has 1 aliphatic rings. The van der Waals surface area contributed by atoms with Crippen LogP contribution in [0.1, 0.15) is 17.3 Å². The van der Waals surface area contributed by atoms with E-state index in [-0.39, 0.29) is 5.91 Å². The van der Waals surface area contributed by atoms with Crippen LogP contribution in [0.25, 0.3) is 0 Å². The first kappa shape index (κ1) is 13.7. The van der Waals surface area contributed by atoms with Crippen molar-refractivity contribution in [3.05, 3.63) is 23.8 Å². The van der Waals surface area contributed by atoms with Gasteiger partial charge in [-0.05, 0) is 32.2 Å². The molecule has 2 rings (SSSR count). The molecule has 0 unspecified atom stereocenters. The van der Waals surface area contributed by atoms with Gasteiger partial charge in [0.25, 0.3) is 5.91 Å². The predicted molar refractivity (Wildman–Crippen MR) is 75.4 cm³/mol. The third-order valence-corrected chi connectivity index (χ3v) is 3.35. The van der Waals surface area contributed by atoms with E-state index in [0.717, 1.165) is 26.2 Å². The van der Waals surface area contributed by atoms with Crippen molar-refractivity contribution in [1.82, 2.24) is 9.80 Å². The minimum Gasteiger partial charge on any atom is -0.492 e. The van der Waals surface area contributed by atoms with Crippen molar-refractivity contribution >= 4 is 11.6 Å². The number of nitrogens with zero attached hydrogens (tertiary/aromatic N) is 2. The van der Waals surface area contributed by atoms with Crippen LogP contribution in [0.2, 0.25) is 0 Å². The fraction of sp³-hybridized carbons (Fsp3) is 0.500. The Kier molecular flexibility index (Phi) is 4.27. The molecule has 1 heterocycles. The van der Waals surface area contributed by atoms with Gasteiger partial charge in [0, 0.05) is 31.7 Å². The lowest BCUT2D eigenvalue weighted by Crippen LogP contribution is -2.47. The molecule has 0 saturated carbocycles. The summed E-state index contributed by atoms with van der Waals surface area (Å²) < 4.78 is 5.43. The Balaban J connectivity index is 2.12. The van der Waals surface area contributed by atoms with Crippen LogP contribution in [-0.4, -0.2) is 55.5 Å². The molecule has 5 nitrogen and oxygen atoms in total. The number of nitrogen functional groups attached to an aromatic ring is 1. The van der Waals surface area contributed by atoms with E-state index >= 15 is 0 Å². The number of ether oxygens (including phenoxy) is 1. The molecule has 1 fully saturated rings. The van der Waals surface area contributed by atoms with Gasteiger partial charge < -0.3 is 20.3 Å². The van der Waals surface area contributed by atoms with Crippen LogP contribution in [-0.2, 0) is 0 Å². The van der Waals surface area contributed by atoms with E-state index in [1.165, 1.54) is 0 Å². The second kappa shape index (κ2) is 5.93. The van der Waals surface area contributed by atoms with Crippen molar-refractivity contribution in [2.24, 2.45) is 0 Å². The molecule has 1 saturated heterocycles. The molecule has 0 aromatic heterocycles. The van der Waals surface area contributed by atoms with E-state index in [0.29, 0.717) is 23.6 Å².